The van der Waals surface area contributed by atoms with Crippen LogP contribution < -0.4 is 0 Å². The van der Waals surface area contributed by atoms with Gasteiger partial charge in [-0.15, -0.1) is 0 Å². The molecule has 2 aliphatic rings. The zero-order chi connectivity index (χ0) is 11.4. The van der Waals surface area contributed by atoms with E-state index in [2.05, 4.69) is 6.58 Å². The molecule has 90 valence electrons. The predicted molar refractivity (Wildman–Crippen MR) is 57.0 cm³/mol. The Morgan fingerprint density at radius 2 is 2.00 bits per heavy atom. The summed E-state index contributed by atoms with van der Waals surface area (Å²) in [6.07, 6.45) is 2.71. The molecule has 2 heterocycles. The van der Waals surface area contributed by atoms with Crippen molar-refractivity contribution in [1.82, 2.24) is 4.90 Å². The van der Waals surface area contributed by atoms with E-state index in [0.29, 0.717) is 26.3 Å². The first-order valence-corrected chi connectivity index (χ1v) is 5.56. The Morgan fingerprint density at radius 3 is 2.56 bits per heavy atom. The highest BCUT2D eigenvalue weighted by atomic mass is 16.7. The highest BCUT2D eigenvalue weighted by Gasteiger charge is 2.40. The number of piperidine rings is 1. The van der Waals surface area contributed by atoms with Crippen LogP contribution in [0.2, 0.25) is 0 Å². The number of amides is 1. The Bertz CT molecular complexity index is 263. The molecular formula is C11H17NO4. The molecule has 1 spiro atoms. The maximum absolute atomic E-state index is 11.5. The molecule has 2 rings (SSSR count). The second kappa shape index (κ2) is 4.84. The van der Waals surface area contributed by atoms with Crippen molar-refractivity contribution in [1.29, 1.82) is 0 Å². The molecule has 5 nitrogen and oxygen atoms in total. The first kappa shape index (κ1) is 11.4. The fourth-order valence-electron chi connectivity index (χ4n) is 2.04. The molecule has 2 saturated heterocycles. The van der Waals surface area contributed by atoms with Gasteiger partial charge in [0.15, 0.2) is 5.79 Å². The van der Waals surface area contributed by atoms with Crippen molar-refractivity contribution in [2.75, 3.05) is 32.9 Å². The summed E-state index contributed by atoms with van der Waals surface area (Å²) in [5.74, 6) is -0.435. The van der Waals surface area contributed by atoms with Gasteiger partial charge in [-0.1, -0.05) is 12.7 Å². The molecule has 2 fully saturated rings. The molecule has 0 bridgehead atoms. The maximum atomic E-state index is 11.5. The maximum Gasteiger partial charge on any atom is 0.410 e. The van der Waals surface area contributed by atoms with Gasteiger partial charge in [0, 0.05) is 25.9 Å². The topological polar surface area (TPSA) is 48.0 Å². The van der Waals surface area contributed by atoms with E-state index in [1.807, 2.05) is 0 Å². The fraction of sp³-hybridized carbons (Fsp3) is 0.727. The van der Waals surface area contributed by atoms with Crippen molar-refractivity contribution in [2.45, 2.75) is 18.6 Å². The number of hydrogen-bond donors (Lipinski definition) is 0. The van der Waals surface area contributed by atoms with E-state index in [4.69, 9.17) is 14.2 Å². The highest BCUT2D eigenvalue weighted by Crippen LogP contribution is 2.31. The van der Waals surface area contributed by atoms with Gasteiger partial charge in [-0.25, -0.2) is 4.79 Å². The van der Waals surface area contributed by atoms with E-state index in [0.717, 1.165) is 12.8 Å². The van der Waals surface area contributed by atoms with Gasteiger partial charge in [0.25, 0.3) is 0 Å². The minimum atomic E-state index is -0.435. The van der Waals surface area contributed by atoms with Gasteiger partial charge in [0.2, 0.25) is 0 Å². The lowest BCUT2D eigenvalue weighted by atomic mass is 10.0. The van der Waals surface area contributed by atoms with Gasteiger partial charge in [-0.2, -0.15) is 0 Å². The van der Waals surface area contributed by atoms with E-state index in [9.17, 15) is 4.79 Å². The smallest absolute Gasteiger partial charge is 0.410 e. The van der Waals surface area contributed by atoms with Gasteiger partial charge in [0.05, 0.1) is 13.2 Å². The zero-order valence-electron chi connectivity index (χ0n) is 9.31. The van der Waals surface area contributed by atoms with E-state index < -0.39 is 5.79 Å². The number of ether oxygens (including phenoxy) is 3. The second-order valence-electron chi connectivity index (χ2n) is 3.96. The van der Waals surface area contributed by atoms with Crippen LogP contribution in [-0.4, -0.2) is 49.7 Å². The first-order chi connectivity index (χ1) is 7.76. The molecule has 0 aromatic heterocycles. The van der Waals surface area contributed by atoms with Crippen LogP contribution in [-0.2, 0) is 14.2 Å². The Hall–Kier alpha value is -1.07. The summed E-state index contributed by atoms with van der Waals surface area (Å²) in [5.41, 5.74) is 0. The number of nitrogens with zero attached hydrogens (tertiary/aromatic N) is 1. The number of rotatable bonds is 2. The van der Waals surface area contributed by atoms with Crippen LogP contribution in [0, 0.1) is 0 Å². The van der Waals surface area contributed by atoms with Crippen LogP contribution in [0.1, 0.15) is 12.8 Å². The molecule has 1 amide bonds. The summed E-state index contributed by atoms with van der Waals surface area (Å²) >= 11 is 0. The van der Waals surface area contributed by atoms with E-state index in [1.165, 1.54) is 0 Å². The largest absolute Gasteiger partial charge is 0.445 e. The molecule has 2 aliphatic heterocycles. The lowest BCUT2D eigenvalue weighted by molar-refractivity contribution is -0.182. The highest BCUT2D eigenvalue weighted by molar-refractivity contribution is 5.67. The van der Waals surface area contributed by atoms with Crippen molar-refractivity contribution in [3.05, 3.63) is 12.7 Å². The predicted octanol–water partition coefficient (Wildman–Crippen LogP) is 1.15. The molecule has 5 heteroatoms. The van der Waals surface area contributed by atoms with Crippen LogP contribution in [0.4, 0.5) is 4.79 Å². The zero-order valence-corrected chi connectivity index (χ0v) is 9.31. The SMILES string of the molecule is C=CCOC(=O)N1CCC2(CC1)OCCO2. The van der Waals surface area contributed by atoms with Crippen LogP contribution in [0.3, 0.4) is 0 Å². The summed E-state index contributed by atoms with van der Waals surface area (Å²) in [6, 6.07) is 0. The number of carbonyl (C=O) groups is 1. The summed E-state index contributed by atoms with van der Waals surface area (Å²) < 4.78 is 16.1. The van der Waals surface area contributed by atoms with Crippen LogP contribution in [0.25, 0.3) is 0 Å². The van der Waals surface area contributed by atoms with Gasteiger partial charge < -0.3 is 19.1 Å². The number of likely N-dealkylation sites (tertiary alicyclic amines) is 1. The van der Waals surface area contributed by atoms with Crippen molar-refractivity contribution in [3.8, 4) is 0 Å². The molecule has 0 saturated carbocycles. The average Bonchev–Trinajstić information content (AvgIpc) is 2.75. The normalized spacial score (nSPS) is 23.4. The molecule has 16 heavy (non-hydrogen) atoms. The third-order valence-corrected chi connectivity index (χ3v) is 2.92. The minimum Gasteiger partial charge on any atom is -0.445 e. The third kappa shape index (κ3) is 2.36. The van der Waals surface area contributed by atoms with Gasteiger partial charge in [0.1, 0.15) is 6.61 Å². The summed E-state index contributed by atoms with van der Waals surface area (Å²) in [5, 5.41) is 0. The Balaban J connectivity index is 1.80. The molecule has 0 aromatic rings. The molecule has 0 aromatic carbocycles. The number of hydrogen-bond acceptors (Lipinski definition) is 4. The van der Waals surface area contributed by atoms with Crippen LogP contribution in [0.15, 0.2) is 12.7 Å². The van der Waals surface area contributed by atoms with Crippen molar-refractivity contribution in [3.63, 3.8) is 0 Å². The van der Waals surface area contributed by atoms with E-state index in [-0.39, 0.29) is 12.7 Å². The van der Waals surface area contributed by atoms with Crippen LogP contribution in [0.5, 0.6) is 0 Å². The second-order valence-corrected chi connectivity index (χ2v) is 3.96. The van der Waals surface area contributed by atoms with Gasteiger partial charge in [-0.3, -0.25) is 0 Å². The third-order valence-electron chi connectivity index (χ3n) is 2.92. The van der Waals surface area contributed by atoms with Crippen molar-refractivity contribution < 1.29 is 19.0 Å². The Labute approximate surface area is 94.9 Å². The molecule has 0 atom stereocenters. The van der Waals surface area contributed by atoms with Gasteiger partial charge >= 0.3 is 6.09 Å². The summed E-state index contributed by atoms with van der Waals surface area (Å²) in [7, 11) is 0. The first-order valence-electron chi connectivity index (χ1n) is 5.56. The molecule has 0 unspecified atom stereocenters. The van der Waals surface area contributed by atoms with Crippen molar-refractivity contribution in [2.24, 2.45) is 0 Å². The van der Waals surface area contributed by atoms with Crippen molar-refractivity contribution >= 4 is 6.09 Å². The monoisotopic (exact) mass is 227 g/mol. The Kier molecular flexibility index (Phi) is 3.46. The fourth-order valence-corrected chi connectivity index (χ4v) is 2.04. The van der Waals surface area contributed by atoms with E-state index >= 15 is 0 Å². The molecule has 0 N–H and O–H groups in total. The molecular weight excluding hydrogens is 210 g/mol. The minimum absolute atomic E-state index is 0.257. The molecule has 0 aliphatic carbocycles. The molecule has 0 radical (unpaired) electrons. The summed E-state index contributed by atoms with van der Waals surface area (Å²) in [4.78, 5) is 13.2. The van der Waals surface area contributed by atoms with Crippen LogP contribution >= 0.6 is 0 Å². The lowest BCUT2D eigenvalue weighted by Crippen LogP contribution is -2.47. The van der Waals surface area contributed by atoms with E-state index in [1.54, 1.807) is 11.0 Å². The average molecular weight is 227 g/mol. The number of carbonyl (C=O) groups excluding carboxylic acids is 1. The van der Waals surface area contributed by atoms with Gasteiger partial charge in [-0.05, 0) is 0 Å². The standard InChI is InChI=1S/C11H17NO4/c1-2-7-14-10(13)12-5-3-11(4-6-12)15-8-9-16-11/h2H,1,3-9H2. The Morgan fingerprint density at radius 1 is 1.38 bits per heavy atom. The lowest BCUT2D eigenvalue weighted by Gasteiger charge is -2.36. The summed E-state index contributed by atoms with van der Waals surface area (Å²) in [6.45, 7) is 6.31. The quantitative estimate of drug-likeness (QED) is 0.664.